The molecule has 0 atom stereocenters. The van der Waals surface area contributed by atoms with Crippen molar-refractivity contribution in [1.29, 1.82) is 0 Å². The molecule has 2 aromatic carbocycles. The maximum Gasteiger partial charge on any atom is 0.227 e. The number of ether oxygens (including phenoxy) is 1. The number of aromatic nitrogens is 2. The smallest absolute Gasteiger partial charge is 0.227 e. The summed E-state index contributed by atoms with van der Waals surface area (Å²) in [5, 5.41) is 3.83. The number of halogens is 1. The minimum Gasteiger partial charge on any atom is -0.493 e. The highest BCUT2D eigenvalue weighted by Crippen LogP contribution is 2.33. The Bertz CT molecular complexity index is 1360. The molecule has 2 heterocycles. The number of anilines is 2. The van der Waals surface area contributed by atoms with Gasteiger partial charge in [-0.25, -0.2) is 9.97 Å². The average Bonchev–Trinajstić information content (AvgIpc) is 3.44. The topological polar surface area (TPSA) is 88.7 Å². The van der Waals surface area contributed by atoms with Crippen LogP contribution in [0.15, 0.2) is 59.4 Å². The molecule has 38 heavy (non-hydrogen) atoms. The Morgan fingerprint density at radius 3 is 2.74 bits per heavy atom. The van der Waals surface area contributed by atoms with E-state index in [0.717, 1.165) is 70.9 Å². The van der Waals surface area contributed by atoms with Gasteiger partial charge in [0.25, 0.3) is 0 Å². The highest BCUT2D eigenvalue weighted by atomic mass is 35.5. The lowest BCUT2D eigenvalue weighted by Gasteiger charge is -2.23. The van der Waals surface area contributed by atoms with Gasteiger partial charge < -0.3 is 20.7 Å². The van der Waals surface area contributed by atoms with Crippen molar-refractivity contribution in [3.05, 3.63) is 81.8 Å². The summed E-state index contributed by atoms with van der Waals surface area (Å²) in [7, 11) is 1.80. The molecule has 1 aromatic heterocycles. The molecular formula is C30H35ClN6O. The lowest BCUT2D eigenvalue weighted by molar-refractivity contribution is 0.263. The summed E-state index contributed by atoms with van der Waals surface area (Å²) in [5.74, 6) is 1.21. The molecule has 0 amide bonds. The van der Waals surface area contributed by atoms with Crippen LogP contribution in [0.3, 0.4) is 0 Å². The van der Waals surface area contributed by atoms with Gasteiger partial charge in [-0.05, 0) is 75.4 Å². The van der Waals surface area contributed by atoms with Gasteiger partial charge >= 0.3 is 0 Å². The number of nitrogens with one attached hydrogen (secondary N) is 1. The summed E-state index contributed by atoms with van der Waals surface area (Å²) in [4.78, 5) is 16.6. The van der Waals surface area contributed by atoms with Gasteiger partial charge in [-0.15, -0.1) is 0 Å². The van der Waals surface area contributed by atoms with E-state index < -0.39 is 0 Å². The van der Waals surface area contributed by atoms with E-state index in [1.807, 2.05) is 36.5 Å². The number of benzene rings is 2. The Morgan fingerprint density at radius 1 is 1.16 bits per heavy atom. The first-order valence-corrected chi connectivity index (χ1v) is 13.7. The first-order valence-electron chi connectivity index (χ1n) is 13.3. The van der Waals surface area contributed by atoms with Crippen molar-refractivity contribution in [2.24, 2.45) is 10.7 Å². The quantitative estimate of drug-likeness (QED) is 0.269. The molecule has 8 heteroatoms. The molecule has 1 aliphatic carbocycles. The van der Waals surface area contributed by atoms with Crippen LogP contribution in [0.4, 0.5) is 11.6 Å². The Kier molecular flexibility index (Phi) is 8.25. The Morgan fingerprint density at radius 2 is 1.97 bits per heavy atom. The highest BCUT2D eigenvalue weighted by Gasteiger charge is 2.25. The molecule has 1 saturated heterocycles. The fourth-order valence-electron chi connectivity index (χ4n) is 5.17. The zero-order valence-electron chi connectivity index (χ0n) is 22.1. The number of aryl methyl sites for hydroxylation is 2. The molecule has 2 aliphatic rings. The monoisotopic (exact) mass is 530 g/mol. The van der Waals surface area contributed by atoms with Crippen LogP contribution in [0.2, 0.25) is 5.02 Å². The van der Waals surface area contributed by atoms with Crippen LogP contribution in [-0.2, 0) is 6.42 Å². The van der Waals surface area contributed by atoms with Gasteiger partial charge in [0.15, 0.2) is 0 Å². The maximum atomic E-state index is 6.61. The number of hydrogen-bond acceptors (Lipinski definition) is 7. The summed E-state index contributed by atoms with van der Waals surface area (Å²) < 4.78 is 5.94. The molecule has 3 aromatic rings. The second kappa shape index (κ2) is 12.0. The van der Waals surface area contributed by atoms with Crippen LogP contribution in [-0.4, -0.2) is 53.9 Å². The minimum absolute atomic E-state index is 0.456. The number of aliphatic imine (C=N–C) groups is 1. The third kappa shape index (κ3) is 5.84. The zero-order valence-corrected chi connectivity index (χ0v) is 22.9. The lowest BCUT2D eigenvalue weighted by Crippen LogP contribution is -2.21. The van der Waals surface area contributed by atoms with Crippen molar-refractivity contribution in [1.82, 2.24) is 14.9 Å². The maximum absolute atomic E-state index is 6.61. The van der Waals surface area contributed by atoms with E-state index >= 15 is 0 Å². The number of likely N-dealkylation sites (tertiary alicyclic amines) is 1. The van der Waals surface area contributed by atoms with Gasteiger partial charge in [0.1, 0.15) is 5.75 Å². The van der Waals surface area contributed by atoms with Crippen molar-refractivity contribution < 1.29 is 4.74 Å². The first-order chi connectivity index (χ1) is 18.5. The van der Waals surface area contributed by atoms with Crippen LogP contribution in [0.1, 0.15) is 48.1 Å². The second-order valence-electron chi connectivity index (χ2n) is 9.87. The molecule has 0 radical (unpaired) electrons. The number of rotatable bonds is 9. The van der Waals surface area contributed by atoms with Gasteiger partial charge in [-0.1, -0.05) is 35.9 Å². The highest BCUT2D eigenvalue weighted by molar-refractivity contribution is 6.33. The minimum atomic E-state index is 0.456. The average molecular weight is 531 g/mol. The largest absolute Gasteiger partial charge is 0.493 e. The molecule has 7 nitrogen and oxygen atoms in total. The van der Waals surface area contributed by atoms with Gasteiger partial charge in [-0.2, -0.15) is 0 Å². The van der Waals surface area contributed by atoms with E-state index in [-0.39, 0.29) is 0 Å². The summed E-state index contributed by atoms with van der Waals surface area (Å²) in [5.41, 5.74) is 13.8. The summed E-state index contributed by atoms with van der Waals surface area (Å²) in [6, 6.07) is 13.9. The molecule has 1 fully saturated rings. The SMILES string of the molecule is CN=C(C1=C(N)CCc2cnc(Nc3ccc(OCCCN4CCCC4)cc3Cl)nc21)c1ccccc1C. The van der Waals surface area contributed by atoms with E-state index in [1.54, 1.807) is 7.05 Å². The fourth-order valence-corrected chi connectivity index (χ4v) is 5.39. The summed E-state index contributed by atoms with van der Waals surface area (Å²) in [6.45, 7) is 6.25. The Labute approximate surface area is 229 Å². The molecule has 0 bridgehead atoms. The van der Waals surface area contributed by atoms with Gasteiger partial charge in [0.2, 0.25) is 5.95 Å². The number of fused-ring (bicyclic) bond motifs is 1. The lowest BCUT2D eigenvalue weighted by atomic mass is 9.87. The second-order valence-corrected chi connectivity index (χ2v) is 10.3. The van der Waals surface area contributed by atoms with E-state index in [0.29, 0.717) is 23.3 Å². The van der Waals surface area contributed by atoms with E-state index in [1.165, 1.54) is 25.9 Å². The molecule has 0 saturated carbocycles. The van der Waals surface area contributed by atoms with Crippen molar-refractivity contribution in [2.75, 3.05) is 38.6 Å². The zero-order chi connectivity index (χ0) is 26.5. The van der Waals surface area contributed by atoms with Crippen LogP contribution in [0, 0.1) is 6.92 Å². The molecule has 198 valence electrons. The van der Waals surface area contributed by atoms with Crippen molar-refractivity contribution in [3.63, 3.8) is 0 Å². The molecule has 5 rings (SSSR count). The molecule has 3 N–H and O–H groups in total. The number of nitrogens with two attached hydrogens (primary N) is 1. The summed E-state index contributed by atoms with van der Waals surface area (Å²) >= 11 is 6.61. The Balaban J connectivity index is 1.32. The molecule has 1 aliphatic heterocycles. The van der Waals surface area contributed by atoms with Gasteiger partial charge in [-0.3, -0.25) is 4.99 Å². The van der Waals surface area contributed by atoms with E-state index in [4.69, 9.17) is 27.1 Å². The third-order valence-corrected chi connectivity index (χ3v) is 7.53. The number of hydrogen-bond donors (Lipinski definition) is 2. The fraction of sp³-hybridized carbons (Fsp3) is 0.367. The van der Waals surface area contributed by atoms with Crippen molar-refractivity contribution >= 4 is 34.5 Å². The molecular weight excluding hydrogens is 496 g/mol. The Hall–Kier alpha value is -3.42. The third-order valence-electron chi connectivity index (χ3n) is 7.22. The predicted molar refractivity (Wildman–Crippen MR) is 156 cm³/mol. The van der Waals surface area contributed by atoms with Crippen LogP contribution in [0.5, 0.6) is 5.75 Å². The van der Waals surface area contributed by atoms with Gasteiger partial charge in [0, 0.05) is 42.7 Å². The van der Waals surface area contributed by atoms with Gasteiger partial charge in [0.05, 0.1) is 28.7 Å². The van der Waals surface area contributed by atoms with Crippen LogP contribution in [0.25, 0.3) is 5.57 Å². The summed E-state index contributed by atoms with van der Waals surface area (Å²) in [6.07, 6.45) is 7.03. The standard InChI is InChI=1S/C30H35ClN6O/c1-20-8-3-4-9-23(20)29(33-2)27-25(32)12-10-21-19-34-30(36-28(21)27)35-26-13-11-22(18-24(26)31)38-17-7-16-37-14-5-6-15-37/h3-4,8-9,11,13,18-19H,5-7,10,12,14-17,32H2,1-2H3,(H,34,35,36). The van der Waals surface area contributed by atoms with Crippen molar-refractivity contribution in [2.45, 2.75) is 39.0 Å². The van der Waals surface area contributed by atoms with Crippen LogP contribution < -0.4 is 15.8 Å². The van der Waals surface area contributed by atoms with Crippen molar-refractivity contribution in [3.8, 4) is 5.75 Å². The normalized spacial score (nSPS) is 16.0. The number of allylic oxidation sites excluding steroid dienone is 2. The van der Waals surface area contributed by atoms with E-state index in [9.17, 15) is 0 Å². The van der Waals surface area contributed by atoms with E-state index in [2.05, 4.69) is 39.2 Å². The molecule has 0 unspecified atom stereocenters. The molecule has 0 spiro atoms. The number of nitrogens with zero attached hydrogens (tertiary/aromatic N) is 4. The predicted octanol–water partition coefficient (Wildman–Crippen LogP) is 5.78. The first kappa shape index (κ1) is 26.2. The van der Waals surface area contributed by atoms with Crippen LogP contribution >= 0.6 is 11.6 Å².